The zero-order valence-electron chi connectivity index (χ0n) is 9.62. The molecule has 2 rings (SSSR count). The maximum Gasteiger partial charge on any atom is 0.336 e. The third-order valence-electron chi connectivity index (χ3n) is 2.84. The molecule has 18 heavy (non-hydrogen) atoms. The molecule has 0 spiro atoms. The van der Waals surface area contributed by atoms with E-state index in [1.807, 2.05) is 0 Å². The summed E-state index contributed by atoms with van der Waals surface area (Å²) in [6, 6.07) is 1.04. The summed E-state index contributed by atoms with van der Waals surface area (Å²) in [5.74, 6) is -1.13. The number of ether oxygens (including phenoxy) is 1. The predicted octanol–water partition coefficient (Wildman–Crippen LogP) is 0.902. The fourth-order valence-electron chi connectivity index (χ4n) is 1.70. The van der Waals surface area contributed by atoms with Crippen LogP contribution in [-0.2, 0) is 14.8 Å². The normalized spacial score (nSPS) is 23.6. The second-order valence-electron chi connectivity index (χ2n) is 4.11. The highest BCUT2D eigenvalue weighted by molar-refractivity contribution is 7.91. The van der Waals surface area contributed by atoms with Gasteiger partial charge in [-0.15, -0.1) is 11.3 Å². The van der Waals surface area contributed by atoms with Gasteiger partial charge in [-0.1, -0.05) is 0 Å². The summed E-state index contributed by atoms with van der Waals surface area (Å²) < 4.78 is 31.5. The van der Waals surface area contributed by atoms with Crippen molar-refractivity contribution in [2.24, 2.45) is 0 Å². The third-order valence-corrected chi connectivity index (χ3v) is 5.80. The number of carboxylic acids is 1. The SMILES string of the molecule is COC1CC(NS(=O)(=O)c2cc(C(=O)O)cs2)C1. The van der Waals surface area contributed by atoms with Gasteiger partial charge in [-0.25, -0.2) is 17.9 Å². The van der Waals surface area contributed by atoms with Gasteiger partial charge < -0.3 is 9.84 Å². The maximum absolute atomic E-state index is 11.9. The lowest BCUT2D eigenvalue weighted by molar-refractivity contribution is 0.0236. The minimum absolute atomic E-state index is 0.0104. The molecule has 1 fully saturated rings. The molecule has 0 radical (unpaired) electrons. The van der Waals surface area contributed by atoms with Gasteiger partial charge in [0.05, 0.1) is 11.7 Å². The molecule has 0 bridgehead atoms. The van der Waals surface area contributed by atoms with Gasteiger partial charge in [-0.3, -0.25) is 0 Å². The van der Waals surface area contributed by atoms with E-state index >= 15 is 0 Å². The lowest BCUT2D eigenvalue weighted by Crippen LogP contribution is -2.47. The van der Waals surface area contributed by atoms with Crippen molar-refractivity contribution in [3.05, 3.63) is 17.0 Å². The smallest absolute Gasteiger partial charge is 0.336 e. The van der Waals surface area contributed by atoms with Crippen LogP contribution in [-0.4, -0.2) is 38.7 Å². The van der Waals surface area contributed by atoms with Crippen LogP contribution in [0.1, 0.15) is 23.2 Å². The highest BCUT2D eigenvalue weighted by Crippen LogP contribution is 2.26. The molecule has 1 heterocycles. The molecular weight excluding hydrogens is 278 g/mol. The van der Waals surface area contributed by atoms with Crippen LogP contribution < -0.4 is 4.72 Å². The Kier molecular flexibility index (Phi) is 3.71. The van der Waals surface area contributed by atoms with Gasteiger partial charge in [0, 0.05) is 18.5 Å². The molecule has 0 unspecified atom stereocenters. The quantitative estimate of drug-likeness (QED) is 0.841. The van der Waals surface area contributed by atoms with Crippen LogP contribution in [0.3, 0.4) is 0 Å². The van der Waals surface area contributed by atoms with Gasteiger partial charge >= 0.3 is 5.97 Å². The Hall–Kier alpha value is -0.960. The van der Waals surface area contributed by atoms with Crippen LogP contribution in [0.5, 0.6) is 0 Å². The molecule has 0 saturated heterocycles. The molecule has 1 aromatic heterocycles. The Morgan fingerprint density at radius 1 is 1.56 bits per heavy atom. The van der Waals surface area contributed by atoms with Crippen molar-refractivity contribution < 1.29 is 23.1 Å². The second kappa shape index (κ2) is 4.96. The van der Waals surface area contributed by atoms with E-state index in [1.165, 1.54) is 11.4 Å². The van der Waals surface area contributed by atoms with Crippen molar-refractivity contribution >= 4 is 27.3 Å². The van der Waals surface area contributed by atoms with Gasteiger partial charge in [0.1, 0.15) is 4.21 Å². The van der Waals surface area contributed by atoms with Crippen molar-refractivity contribution in [1.29, 1.82) is 0 Å². The predicted molar refractivity (Wildman–Crippen MR) is 65.4 cm³/mol. The first kappa shape index (κ1) is 13.5. The lowest BCUT2D eigenvalue weighted by Gasteiger charge is -2.34. The van der Waals surface area contributed by atoms with E-state index in [9.17, 15) is 13.2 Å². The summed E-state index contributed by atoms with van der Waals surface area (Å²) in [5.41, 5.74) is -0.0104. The minimum atomic E-state index is -3.62. The first-order valence-electron chi connectivity index (χ1n) is 5.29. The summed E-state index contributed by atoms with van der Waals surface area (Å²) in [6.45, 7) is 0. The van der Waals surface area contributed by atoms with Crippen molar-refractivity contribution in [3.63, 3.8) is 0 Å². The Labute approximate surface area is 109 Å². The molecule has 1 saturated carbocycles. The van der Waals surface area contributed by atoms with E-state index in [1.54, 1.807) is 7.11 Å². The molecule has 0 amide bonds. The number of hydrogen-bond acceptors (Lipinski definition) is 5. The molecule has 8 heteroatoms. The van der Waals surface area contributed by atoms with E-state index in [4.69, 9.17) is 9.84 Å². The number of thiophene rings is 1. The molecule has 100 valence electrons. The fraction of sp³-hybridized carbons (Fsp3) is 0.500. The zero-order chi connectivity index (χ0) is 13.3. The van der Waals surface area contributed by atoms with Crippen LogP contribution in [0.4, 0.5) is 0 Å². The maximum atomic E-state index is 11.9. The first-order valence-corrected chi connectivity index (χ1v) is 7.65. The zero-order valence-corrected chi connectivity index (χ0v) is 11.3. The summed E-state index contributed by atoms with van der Waals surface area (Å²) in [4.78, 5) is 10.7. The Morgan fingerprint density at radius 3 is 2.72 bits per heavy atom. The van der Waals surface area contributed by atoms with Gasteiger partial charge in [-0.05, 0) is 18.9 Å². The highest BCUT2D eigenvalue weighted by atomic mass is 32.2. The Bertz CT molecular complexity index is 544. The Balaban J connectivity index is 2.04. The van der Waals surface area contributed by atoms with Gasteiger partial charge in [0.2, 0.25) is 10.0 Å². The van der Waals surface area contributed by atoms with Crippen molar-refractivity contribution in [3.8, 4) is 0 Å². The molecule has 1 aromatic rings. The lowest BCUT2D eigenvalue weighted by atomic mass is 9.90. The summed E-state index contributed by atoms with van der Waals surface area (Å²) in [5, 5.41) is 10.1. The highest BCUT2D eigenvalue weighted by Gasteiger charge is 2.33. The largest absolute Gasteiger partial charge is 0.478 e. The fourth-order valence-corrected chi connectivity index (χ4v) is 4.13. The molecule has 2 N–H and O–H groups in total. The summed E-state index contributed by atoms with van der Waals surface area (Å²) in [6.07, 6.45) is 1.40. The van der Waals surface area contributed by atoms with Crippen LogP contribution >= 0.6 is 11.3 Å². The van der Waals surface area contributed by atoms with E-state index in [0.717, 1.165) is 11.3 Å². The van der Waals surface area contributed by atoms with Crippen molar-refractivity contribution in [2.45, 2.75) is 29.2 Å². The topological polar surface area (TPSA) is 92.7 Å². The number of methoxy groups -OCH3 is 1. The molecule has 1 aliphatic rings. The minimum Gasteiger partial charge on any atom is -0.478 e. The number of sulfonamides is 1. The van der Waals surface area contributed by atoms with Crippen LogP contribution in [0.15, 0.2) is 15.7 Å². The number of aromatic carboxylic acids is 1. The van der Waals surface area contributed by atoms with E-state index in [2.05, 4.69) is 4.72 Å². The van der Waals surface area contributed by atoms with Gasteiger partial charge in [0.15, 0.2) is 0 Å². The number of carboxylic acid groups (broad SMARTS) is 1. The summed E-state index contributed by atoms with van der Waals surface area (Å²) in [7, 11) is -2.02. The molecule has 6 nitrogen and oxygen atoms in total. The number of hydrogen-bond donors (Lipinski definition) is 2. The summed E-state index contributed by atoms with van der Waals surface area (Å²) >= 11 is 0.905. The van der Waals surface area contributed by atoms with Crippen LogP contribution in [0.2, 0.25) is 0 Å². The average Bonchev–Trinajstić information content (AvgIpc) is 2.72. The number of rotatable bonds is 5. The van der Waals surface area contributed by atoms with Crippen molar-refractivity contribution in [1.82, 2.24) is 4.72 Å². The number of carbonyl (C=O) groups is 1. The Morgan fingerprint density at radius 2 is 2.22 bits per heavy atom. The van der Waals surface area contributed by atoms with E-state index in [0.29, 0.717) is 12.8 Å². The van der Waals surface area contributed by atoms with Gasteiger partial charge in [0.25, 0.3) is 0 Å². The average molecular weight is 291 g/mol. The van der Waals surface area contributed by atoms with E-state index in [-0.39, 0.29) is 21.9 Å². The molecule has 0 atom stereocenters. The van der Waals surface area contributed by atoms with Crippen molar-refractivity contribution in [2.75, 3.05) is 7.11 Å². The van der Waals surface area contributed by atoms with Crippen LogP contribution in [0.25, 0.3) is 0 Å². The second-order valence-corrected chi connectivity index (χ2v) is 6.96. The first-order chi connectivity index (χ1) is 8.42. The molecule has 0 aromatic carbocycles. The number of nitrogens with one attached hydrogen (secondary N) is 1. The third kappa shape index (κ3) is 2.72. The van der Waals surface area contributed by atoms with Gasteiger partial charge in [-0.2, -0.15) is 0 Å². The molecular formula is C10H13NO5S2. The molecule has 0 aliphatic heterocycles. The van der Waals surface area contributed by atoms with E-state index < -0.39 is 16.0 Å². The van der Waals surface area contributed by atoms with Crippen LogP contribution in [0, 0.1) is 0 Å². The molecule has 1 aliphatic carbocycles. The standard InChI is InChI=1S/C10H13NO5S2/c1-16-8-3-7(4-8)11-18(14,15)9-2-6(5-17-9)10(12)13/h2,5,7-8,11H,3-4H2,1H3,(H,12,13). The monoisotopic (exact) mass is 291 g/mol.